The summed E-state index contributed by atoms with van der Waals surface area (Å²) in [6.45, 7) is 1.82. The van der Waals surface area contributed by atoms with Gasteiger partial charge in [-0.2, -0.15) is 13.2 Å². The SMILES string of the molecule is CCc1nc(CNC(=NC)NCc2ccc(OCC(F)(F)F)cc2)cs1.I. The summed E-state index contributed by atoms with van der Waals surface area (Å²) < 4.78 is 41.1. The quantitative estimate of drug-likeness (QED) is 0.332. The number of halogens is 4. The lowest BCUT2D eigenvalue weighted by Gasteiger charge is -2.12. The van der Waals surface area contributed by atoms with Crippen LogP contribution in [0.15, 0.2) is 34.6 Å². The van der Waals surface area contributed by atoms with Crippen LogP contribution in [-0.2, 0) is 19.5 Å². The highest BCUT2D eigenvalue weighted by atomic mass is 127. The number of hydrogen-bond donors (Lipinski definition) is 2. The number of benzene rings is 1. The van der Waals surface area contributed by atoms with Gasteiger partial charge in [0.1, 0.15) is 5.75 Å². The summed E-state index contributed by atoms with van der Waals surface area (Å²) in [4.78, 5) is 8.62. The Morgan fingerprint density at radius 2 is 1.85 bits per heavy atom. The molecule has 2 rings (SSSR count). The van der Waals surface area contributed by atoms with Gasteiger partial charge < -0.3 is 15.4 Å². The van der Waals surface area contributed by atoms with Crippen LogP contribution >= 0.6 is 35.3 Å². The zero-order valence-corrected chi connectivity index (χ0v) is 18.1. The van der Waals surface area contributed by atoms with Crippen molar-refractivity contribution in [1.29, 1.82) is 0 Å². The largest absolute Gasteiger partial charge is 0.484 e. The Morgan fingerprint density at radius 1 is 1.19 bits per heavy atom. The van der Waals surface area contributed by atoms with Crippen molar-refractivity contribution in [2.75, 3.05) is 13.7 Å². The van der Waals surface area contributed by atoms with Crippen molar-refractivity contribution in [2.24, 2.45) is 4.99 Å². The molecule has 1 aromatic carbocycles. The highest BCUT2D eigenvalue weighted by molar-refractivity contribution is 14.0. The number of ether oxygens (including phenoxy) is 1. The van der Waals surface area contributed by atoms with Crippen LogP contribution in [0.1, 0.15) is 23.2 Å². The highest BCUT2D eigenvalue weighted by Crippen LogP contribution is 2.18. The summed E-state index contributed by atoms with van der Waals surface area (Å²) >= 11 is 1.63. The Balaban J connectivity index is 0.00000364. The molecule has 0 aliphatic heterocycles. The van der Waals surface area contributed by atoms with Crippen LogP contribution in [0.25, 0.3) is 0 Å². The number of hydrogen-bond acceptors (Lipinski definition) is 4. The van der Waals surface area contributed by atoms with Crippen molar-refractivity contribution in [3.63, 3.8) is 0 Å². The maximum Gasteiger partial charge on any atom is 0.422 e. The van der Waals surface area contributed by atoms with Gasteiger partial charge in [0, 0.05) is 19.0 Å². The van der Waals surface area contributed by atoms with Crippen molar-refractivity contribution < 1.29 is 17.9 Å². The molecule has 150 valence electrons. The first kappa shape index (κ1) is 23.5. The second-order valence-electron chi connectivity index (χ2n) is 5.41. The summed E-state index contributed by atoms with van der Waals surface area (Å²) in [7, 11) is 1.67. The molecule has 0 saturated carbocycles. The Bertz CT molecular complexity index is 720. The van der Waals surface area contributed by atoms with E-state index in [4.69, 9.17) is 0 Å². The monoisotopic (exact) mass is 514 g/mol. The maximum absolute atomic E-state index is 12.1. The fourth-order valence-electron chi connectivity index (χ4n) is 2.04. The Morgan fingerprint density at radius 3 is 2.41 bits per heavy atom. The second-order valence-corrected chi connectivity index (χ2v) is 6.36. The molecule has 5 nitrogen and oxygen atoms in total. The van der Waals surface area contributed by atoms with Gasteiger partial charge in [0.25, 0.3) is 0 Å². The third-order valence-electron chi connectivity index (χ3n) is 3.35. The van der Waals surface area contributed by atoms with Crippen LogP contribution in [0.4, 0.5) is 13.2 Å². The molecular weight excluding hydrogens is 492 g/mol. The number of aliphatic imine (C=N–C) groups is 1. The predicted molar refractivity (Wildman–Crippen MR) is 112 cm³/mol. The van der Waals surface area contributed by atoms with Gasteiger partial charge in [-0.25, -0.2) is 4.98 Å². The smallest absolute Gasteiger partial charge is 0.422 e. The zero-order valence-electron chi connectivity index (χ0n) is 15.0. The van der Waals surface area contributed by atoms with Gasteiger partial charge in [-0.15, -0.1) is 35.3 Å². The molecule has 0 spiro atoms. The topological polar surface area (TPSA) is 58.5 Å². The average Bonchev–Trinajstić information content (AvgIpc) is 3.08. The first-order valence-electron chi connectivity index (χ1n) is 8.06. The molecule has 1 heterocycles. The Labute approximate surface area is 177 Å². The number of aromatic nitrogens is 1. The van der Waals surface area contributed by atoms with E-state index in [1.165, 1.54) is 12.1 Å². The summed E-state index contributed by atoms with van der Waals surface area (Å²) in [5.41, 5.74) is 1.86. The molecular formula is C17H22F3IN4OS. The fourth-order valence-corrected chi connectivity index (χ4v) is 2.79. The molecule has 10 heteroatoms. The van der Waals surface area contributed by atoms with Gasteiger partial charge in [0.05, 0.1) is 17.2 Å². The molecule has 0 fully saturated rings. The van der Waals surface area contributed by atoms with E-state index in [1.54, 1.807) is 30.5 Å². The minimum absolute atomic E-state index is 0. The Kier molecular flexibility index (Phi) is 9.84. The zero-order chi connectivity index (χ0) is 19.0. The number of thiazole rings is 1. The standard InChI is InChI=1S/C17H21F3N4OS.HI/c1-3-15-24-13(10-26-15)9-23-16(21-2)22-8-12-4-6-14(7-5-12)25-11-17(18,19)20;/h4-7,10H,3,8-9,11H2,1-2H3,(H2,21,22,23);1H. The number of rotatable bonds is 7. The van der Waals surface area contributed by atoms with E-state index in [1.807, 2.05) is 5.38 Å². The van der Waals surface area contributed by atoms with Crippen LogP contribution in [0, 0.1) is 0 Å². The van der Waals surface area contributed by atoms with Crippen molar-refractivity contribution in [3.8, 4) is 5.75 Å². The highest BCUT2D eigenvalue weighted by Gasteiger charge is 2.28. The van der Waals surface area contributed by atoms with Gasteiger partial charge in [0.2, 0.25) is 0 Å². The molecule has 2 N–H and O–H groups in total. The number of alkyl halides is 3. The van der Waals surface area contributed by atoms with Crippen molar-refractivity contribution in [3.05, 3.63) is 45.9 Å². The second kappa shape index (κ2) is 11.3. The normalized spacial score (nSPS) is 11.7. The minimum Gasteiger partial charge on any atom is -0.484 e. The van der Waals surface area contributed by atoms with Crippen molar-refractivity contribution in [1.82, 2.24) is 15.6 Å². The lowest BCUT2D eigenvalue weighted by molar-refractivity contribution is -0.153. The average molecular weight is 514 g/mol. The van der Waals surface area contributed by atoms with E-state index in [-0.39, 0.29) is 29.7 Å². The summed E-state index contributed by atoms with van der Waals surface area (Å²) in [6.07, 6.45) is -3.42. The Hall–Kier alpha value is -1.56. The van der Waals surface area contributed by atoms with Gasteiger partial charge in [0.15, 0.2) is 12.6 Å². The molecule has 0 amide bonds. The summed E-state index contributed by atoms with van der Waals surface area (Å²) in [5.74, 6) is 0.803. The molecule has 0 aliphatic carbocycles. The van der Waals surface area contributed by atoms with Crippen LogP contribution in [0.3, 0.4) is 0 Å². The first-order chi connectivity index (χ1) is 12.4. The van der Waals surface area contributed by atoms with Gasteiger partial charge in [-0.3, -0.25) is 4.99 Å². The first-order valence-corrected chi connectivity index (χ1v) is 8.94. The van der Waals surface area contributed by atoms with E-state index in [9.17, 15) is 13.2 Å². The number of guanidine groups is 1. The summed E-state index contributed by atoms with van der Waals surface area (Å²) in [6, 6.07) is 6.45. The lowest BCUT2D eigenvalue weighted by Crippen LogP contribution is -2.36. The molecule has 2 aromatic rings. The van der Waals surface area contributed by atoms with E-state index >= 15 is 0 Å². The van der Waals surface area contributed by atoms with E-state index in [0.29, 0.717) is 19.0 Å². The molecule has 0 bridgehead atoms. The lowest BCUT2D eigenvalue weighted by atomic mass is 10.2. The molecule has 0 unspecified atom stereocenters. The van der Waals surface area contributed by atoms with Crippen LogP contribution in [0.2, 0.25) is 0 Å². The van der Waals surface area contributed by atoms with Gasteiger partial charge in [-0.05, 0) is 24.1 Å². The minimum atomic E-state index is -4.34. The number of nitrogens with one attached hydrogen (secondary N) is 2. The molecule has 27 heavy (non-hydrogen) atoms. The van der Waals surface area contributed by atoms with E-state index in [0.717, 1.165) is 22.7 Å². The number of nitrogens with zero attached hydrogens (tertiary/aromatic N) is 2. The molecule has 0 aliphatic rings. The van der Waals surface area contributed by atoms with Crippen LogP contribution in [-0.4, -0.2) is 30.8 Å². The van der Waals surface area contributed by atoms with Gasteiger partial charge >= 0.3 is 6.18 Å². The van der Waals surface area contributed by atoms with Gasteiger partial charge in [-0.1, -0.05) is 19.1 Å². The van der Waals surface area contributed by atoms with E-state index in [2.05, 4.69) is 32.3 Å². The third kappa shape index (κ3) is 8.78. The predicted octanol–water partition coefficient (Wildman–Crippen LogP) is 4.13. The van der Waals surface area contributed by atoms with Crippen LogP contribution < -0.4 is 15.4 Å². The fraction of sp³-hybridized carbons (Fsp3) is 0.412. The molecule has 0 saturated heterocycles. The third-order valence-corrected chi connectivity index (χ3v) is 4.39. The van der Waals surface area contributed by atoms with Crippen molar-refractivity contribution in [2.45, 2.75) is 32.6 Å². The number of aryl methyl sites for hydroxylation is 1. The maximum atomic E-state index is 12.1. The molecule has 1 aromatic heterocycles. The van der Waals surface area contributed by atoms with E-state index < -0.39 is 12.8 Å². The summed E-state index contributed by atoms with van der Waals surface area (Å²) in [5, 5.41) is 9.43. The van der Waals surface area contributed by atoms with Crippen molar-refractivity contribution >= 4 is 41.3 Å². The molecule has 0 radical (unpaired) electrons. The molecule has 0 atom stereocenters. The van der Waals surface area contributed by atoms with Crippen LogP contribution in [0.5, 0.6) is 5.75 Å².